The van der Waals surface area contributed by atoms with Gasteiger partial charge in [-0.05, 0) is 23.8 Å². The highest BCUT2D eigenvalue weighted by Gasteiger charge is 2.37. The maximum atomic E-state index is 12.1. The van der Waals surface area contributed by atoms with E-state index in [4.69, 9.17) is 27.3 Å². The van der Waals surface area contributed by atoms with Crippen molar-refractivity contribution in [3.63, 3.8) is 0 Å². The molecule has 0 fully saturated rings. The molecule has 0 radical (unpaired) electrons. The molecule has 1 atom stereocenters. The minimum absolute atomic E-state index is 0.0110. The third-order valence-corrected chi connectivity index (χ3v) is 3.23. The van der Waals surface area contributed by atoms with Crippen molar-refractivity contribution < 1.29 is 17.9 Å². The van der Waals surface area contributed by atoms with Crippen LogP contribution in [-0.4, -0.2) is 18.3 Å². The van der Waals surface area contributed by atoms with Crippen LogP contribution in [0.4, 0.5) is 13.2 Å². The number of hydrogen-bond acceptors (Lipinski definition) is 5. The maximum absolute atomic E-state index is 12.1. The smallest absolute Gasteiger partial charge is 0.407 e. The van der Waals surface area contributed by atoms with E-state index >= 15 is 0 Å². The Morgan fingerprint density at radius 3 is 2.38 bits per heavy atom. The highest BCUT2D eigenvalue weighted by atomic mass is 35.5. The molecule has 0 aliphatic carbocycles. The third-order valence-electron chi connectivity index (χ3n) is 2.73. The van der Waals surface area contributed by atoms with Crippen LogP contribution < -0.4 is 10.5 Å². The fraction of sp³-hybridized carbons (Fsp3) is 0.200. The molecule has 0 unspecified atom stereocenters. The number of rotatable bonds is 2. The predicted molar refractivity (Wildman–Crippen MR) is 87.2 cm³/mol. The van der Waals surface area contributed by atoms with Gasteiger partial charge in [-0.15, -0.1) is 12.6 Å². The average molecular weight is 376 g/mol. The first kappa shape index (κ1) is 20.1. The molecule has 0 aliphatic heterocycles. The van der Waals surface area contributed by atoms with Gasteiger partial charge in [0, 0.05) is 16.1 Å². The lowest BCUT2D eigenvalue weighted by Crippen LogP contribution is -2.28. The molecule has 0 saturated carbocycles. The minimum atomic E-state index is -4.41. The molecule has 0 saturated heterocycles. The van der Waals surface area contributed by atoms with Gasteiger partial charge in [-0.2, -0.15) is 18.4 Å². The van der Waals surface area contributed by atoms with Crippen LogP contribution in [0.25, 0.3) is 0 Å². The van der Waals surface area contributed by atoms with Gasteiger partial charge in [0.25, 0.3) is 0 Å². The molecule has 0 bridgehead atoms. The number of nitrogens with zero attached hydrogens (tertiary/aromatic N) is 2. The second kappa shape index (κ2) is 8.78. The second-order valence-corrected chi connectivity index (χ2v) is 5.39. The van der Waals surface area contributed by atoms with Crippen molar-refractivity contribution in [3.8, 4) is 11.9 Å². The van der Waals surface area contributed by atoms with Gasteiger partial charge in [0.15, 0.2) is 0 Å². The molecule has 128 valence electrons. The normalized spacial score (nSPS) is 11.8. The molecule has 2 rings (SSSR count). The van der Waals surface area contributed by atoms with Crippen LogP contribution >= 0.6 is 24.2 Å². The van der Waals surface area contributed by atoms with Crippen molar-refractivity contribution in [2.45, 2.75) is 17.1 Å². The molecule has 0 spiro atoms. The standard InChI is InChI=1S/C8H7ClF3N.C7H6N2OS/c9-6-3-1-5(2-4-6)7(13)8(10,11)12;1-10-7-5(3-8)2-6(11)4-9-7/h1-4,7H,13H2;2,4,11H,1H3/t7-;/m1./s1. The van der Waals surface area contributed by atoms with Gasteiger partial charge in [-0.3, -0.25) is 0 Å². The summed E-state index contributed by atoms with van der Waals surface area (Å²) in [5.41, 5.74) is 5.37. The Morgan fingerprint density at radius 2 is 1.92 bits per heavy atom. The summed E-state index contributed by atoms with van der Waals surface area (Å²) >= 11 is 9.53. The predicted octanol–water partition coefficient (Wildman–Crippen LogP) is 4.15. The molecule has 9 heteroatoms. The minimum Gasteiger partial charge on any atom is -0.480 e. The number of hydrogen-bond donors (Lipinski definition) is 2. The monoisotopic (exact) mass is 375 g/mol. The zero-order valence-corrected chi connectivity index (χ0v) is 14.0. The second-order valence-electron chi connectivity index (χ2n) is 4.43. The van der Waals surface area contributed by atoms with Crippen LogP contribution in [0.5, 0.6) is 5.88 Å². The van der Waals surface area contributed by atoms with Crippen molar-refractivity contribution in [3.05, 3.63) is 52.7 Å². The molecule has 1 aromatic heterocycles. The number of nitriles is 1. The average Bonchev–Trinajstić information content (AvgIpc) is 2.54. The summed E-state index contributed by atoms with van der Waals surface area (Å²) in [6.45, 7) is 0. The summed E-state index contributed by atoms with van der Waals surface area (Å²) in [5.74, 6) is 0.338. The first-order valence-corrected chi connectivity index (χ1v) is 7.22. The molecule has 24 heavy (non-hydrogen) atoms. The number of thiol groups is 1. The van der Waals surface area contributed by atoms with Crippen molar-refractivity contribution in [2.75, 3.05) is 7.11 Å². The van der Waals surface area contributed by atoms with Crippen LogP contribution in [0.1, 0.15) is 17.2 Å². The number of methoxy groups -OCH3 is 1. The van der Waals surface area contributed by atoms with Crippen LogP contribution in [0.2, 0.25) is 5.02 Å². The van der Waals surface area contributed by atoms with E-state index in [1.165, 1.54) is 37.6 Å². The van der Waals surface area contributed by atoms with Gasteiger partial charge in [0.05, 0.1) is 7.11 Å². The number of ether oxygens (including phenoxy) is 1. The summed E-state index contributed by atoms with van der Waals surface area (Å²) in [6, 6.07) is 6.90. The Hall–Kier alpha value is -1.95. The van der Waals surface area contributed by atoms with Crippen LogP contribution in [0.15, 0.2) is 41.4 Å². The Labute approximate surface area is 147 Å². The fourth-order valence-electron chi connectivity index (χ4n) is 1.54. The van der Waals surface area contributed by atoms with Crippen molar-refractivity contribution in [1.82, 2.24) is 4.98 Å². The number of aromatic nitrogens is 1. The van der Waals surface area contributed by atoms with Crippen LogP contribution in [0.3, 0.4) is 0 Å². The molecule has 2 N–H and O–H groups in total. The lowest BCUT2D eigenvalue weighted by Gasteiger charge is -2.15. The van der Waals surface area contributed by atoms with Crippen molar-refractivity contribution in [2.24, 2.45) is 5.73 Å². The van der Waals surface area contributed by atoms with Gasteiger partial charge in [0.2, 0.25) is 5.88 Å². The molecular weight excluding hydrogens is 363 g/mol. The van der Waals surface area contributed by atoms with Gasteiger partial charge in [-0.1, -0.05) is 23.7 Å². The van der Waals surface area contributed by atoms with E-state index in [0.29, 0.717) is 21.4 Å². The summed E-state index contributed by atoms with van der Waals surface area (Å²) < 4.78 is 41.1. The highest BCUT2D eigenvalue weighted by Crippen LogP contribution is 2.30. The number of pyridine rings is 1. The van der Waals surface area contributed by atoms with Crippen LogP contribution in [-0.2, 0) is 0 Å². The van der Waals surface area contributed by atoms with E-state index in [-0.39, 0.29) is 5.56 Å². The number of nitrogens with two attached hydrogens (primary N) is 1. The van der Waals surface area contributed by atoms with Gasteiger partial charge in [-0.25, -0.2) is 4.98 Å². The molecule has 4 nitrogen and oxygen atoms in total. The Kier molecular flexibility index (Phi) is 7.35. The van der Waals surface area contributed by atoms with Gasteiger partial charge < -0.3 is 10.5 Å². The SMILES string of the molecule is COc1ncc(S)cc1C#N.N[C@H](c1ccc(Cl)cc1)C(F)(F)F. The van der Waals surface area contributed by atoms with Crippen molar-refractivity contribution >= 4 is 24.2 Å². The number of alkyl halides is 3. The Morgan fingerprint density at radius 1 is 1.33 bits per heavy atom. The summed E-state index contributed by atoms with van der Waals surface area (Å²) in [6.07, 6.45) is -2.88. The largest absolute Gasteiger partial charge is 0.480 e. The van der Waals surface area contributed by atoms with Crippen LogP contribution in [0, 0.1) is 11.3 Å². The Bertz CT molecular complexity index is 717. The highest BCUT2D eigenvalue weighted by molar-refractivity contribution is 7.80. The maximum Gasteiger partial charge on any atom is 0.407 e. The molecule has 0 amide bonds. The van der Waals surface area contributed by atoms with E-state index < -0.39 is 12.2 Å². The number of benzene rings is 1. The lowest BCUT2D eigenvalue weighted by atomic mass is 10.1. The quantitative estimate of drug-likeness (QED) is 0.773. The molecular formula is C15H13ClF3N3OS. The number of halogens is 4. The summed E-state index contributed by atoms with van der Waals surface area (Å²) in [5, 5.41) is 8.96. The summed E-state index contributed by atoms with van der Waals surface area (Å²) in [4.78, 5) is 4.50. The molecule has 0 aliphatic rings. The topological polar surface area (TPSA) is 71.9 Å². The Balaban J connectivity index is 0.000000243. The van der Waals surface area contributed by atoms with E-state index in [9.17, 15) is 13.2 Å². The third kappa shape index (κ3) is 5.92. The van der Waals surface area contributed by atoms with E-state index in [1.54, 1.807) is 6.07 Å². The zero-order valence-electron chi connectivity index (χ0n) is 12.4. The van der Waals surface area contributed by atoms with E-state index in [2.05, 4.69) is 17.6 Å². The van der Waals surface area contributed by atoms with Gasteiger partial charge in [0.1, 0.15) is 17.7 Å². The molecule has 1 aromatic carbocycles. The first-order chi connectivity index (χ1) is 11.2. The van der Waals surface area contributed by atoms with Crippen molar-refractivity contribution in [1.29, 1.82) is 5.26 Å². The van der Waals surface area contributed by atoms with Gasteiger partial charge >= 0.3 is 6.18 Å². The molecule has 1 heterocycles. The fourth-order valence-corrected chi connectivity index (χ4v) is 1.86. The molecule has 2 aromatic rings. The lowest BCUT2D eigenvalue weighted by molar-refractivity contribution is -0.149. The first-order valence-electron chi connectivity index (χ1n) is 6.40. The zero-order chi connectivity index (χ0) is 18.3. The van der Waals surface area contributed by atoms with E-state index in [1.807, 2.05) is 6.07 Å². The van der Waals surface area contributed by atoms with E-state index in [0.717, 1.165) is 0 Å². The summed E-state index contributed by atoms with van der Waals surface area (Å²) in [7, 11) is 1.47.